The highest BCUT2D eigenvalue weighted by atomic mass is 28.3. The van der Waals surface area contributed by atoms with Crippen LogP contribution in [0.1, 0.15) is 5.56 Å². The molecule has 0 amide bonds. The zero-order valence-electron chi connectivity index (χ0n) is 38.9. The molecule has 8 heteroatoms. The number of imidazole rings is 2. The minimum Gasteiger partial charge on any atom is -0.458 e. The molecule has 0 unspecified atom stereocenters. The summed E-state index contributed by atoms with van der Waals surface area (Å²) in [4.78, 5) is 15.2. The van der Waals surface area contributed by atoms with Gasteiger partial charge < -0.3 is 4.74 Å². The van der Waals surface area contributed by atoms with E-state index in [4.69, 9.17) is 14.7 Å². The van der Waals surface area contributed by atoms with Crippen LogP contribution in [0.3, 0.4) is 0 Å². The third kappa shape index (κ3) is 5.68. The molecule has 4 heterocycles. The molecule has 70 heavy (non-hydrogen) atoms. The zero-order valence-corrected chi connectivity index (χ0v) is 40.9. The Labute approximate surface area is 407 Å². The molecule has 0 fully saturated rings. The zero-order chi connectivity index (χ0) is 46.7. The molecule has 0 bridgehead atoms. The van der Waals surface area contributed by atoms with Gasteiger partial charge in [0.05, 0.1) is 27.8 Å². The number of hydrogen-bond acceptors (Lipinski definition) is 4. The number of fused-ring (bicyclic) bond motifs is 15. The Bertz CT molecular complexity index is 4060. The molecular formula is C62H45N5OSi2. The van der Waals surface area contributed by atoms with Gasteiger partial charge in [0.1, 0.15) is 25.9 Å². The lowest BCUT2D eigenvalue weighted by atomic mass is 9.83. The molecule has 2 aliphatic rings. The van der Waals surface area contributed by atoms with Crippen LogP contribution in [0.5, 0.6) is 11.5 Å². The summed E-state index contributed by atoms with van der Waals surface area (Å²) >= 11 is 0. The Morgan fingerprint density at radius 1 is 0.500 bits per heavy atom. The van der Waals surface area contributed by atoms with Crippen molar-refractivity contribution in [2.45, 2.75) is 20.0 Å². The molecule has 14 rings (SSSR count). The third-order valence-corrected chi connectivity index (χ3v) is 23.4. The van der Waals surface area contributed by atoms with Gasteiger partial charge in [-0.05, 0) is 108 Å². The molecular weight excluding hydrogens is 887 g/mol. The highest BCUT2D eigenvalue weighted by molar-refractivity contribution is 7.20. The fourth-order valence-electron chi connectivity index (χ4n) is 11.9. The number of hydrogen-bond donors (Lipinski definition) is 0. The molecule has 0 N–H and O–H groups in total. The van der Waals surface area contributed by atoms with E-state index in [2.05, 4.69) is 240 Å². The van der Waals surface area contributed by atoms with E-state index in [9.17, 15) is 0 Å². The second-order valence-corrected chi connectivity index (χ2v) is 27.3. The molecule has 332 valence electrons. The van der Waals surface area contributed by atoms with Gasteiger partial charge in [0.15, 0.2) is 8.07 Å². The van der Waals surface area contributed by atoms with Crippen molar-refractivity contribution in [2.75, 3.05) is 0 Å². The van der Waals surface area contributed by atoms with Crippen molar-refractivity contribution in [3.63, 3.8) is 0 Å². The topological polar surface area (TPSA) is 57.2 Å². The fraction of sp³-hybridized carbons (Fsp3) is 0.0484. The quantitative estimate of drug-likeness (QED) is 0.127. The second kappa shape index (κ2) is 15.3. The molecule has 6 nitrogen and oxygen atoms in total. The van der Waals surface area contributed by atoms with Crippen LogP contribution in [-0.2, 0) is 0 Å². The molecule has 0 radical (unpaired) electrons. The van der Waals surface area contributed by atoms with E-state index in [1.165, 1.54) is 42.2 Å². The Morgan fingerprint density at radius 3 is 1.87 bits per heavy atom. The summed E-state index contributed by atoms with van der Waals surface area (Å²) in [6.45, 7) is 7.14. The summed E-state index contributed by atoms with van der Waals surface area (Å²) in [5.74, 6) is 2.80. The van der Waals surface area contributed by atoms with Gasteiger partial charge in [0.25, 0.3) is 0 Å². The van der Waals surface area contributed by atoms with Crippen molar-refractivity contribution >= 4 is 75.1 Å². The average Bonchev–Trinajstić information content (AvgIpc) is 3.95. The van der Waals surface area contributed by atoms with Gasteiger partial charge in [-0.15, -0.1) is 0 Å². The number of para-hydroxylation sites is 4. The Hall–Kier alpha value is -8.44. The number of benzene rings is 9. The summed E-state index contributed by atoms with van der Waals surface area (Å²) in [7, 11) is -5.91. The van der Waals surface area contributed by atoms with Crippen molar-refractivity contribution in [3.8, 4) is 61.8 Å². The Kier molecular flexibility index (Phi) is 8.87. The predicted molar refractivity (Wildman–Crippen MR) is 292 cm³/mol. The minimum absolute atomic E-state index is 0.888. The van der Waals surface area contributed by atoms with Gasteiger partial charge in [0.2, 0.25) is 5.78 Å². The van der Waals surface area contributed by atoms with Crippen LogP contribution >= 0.6 is 0 Å². The summed E-state index contributed by atoms with van der Waals surface area (Å²) in [5.41, 5.74) is 15.3. The summed E-state index contributed by atoms with van der Waals surface area (Å²) in [6.07, 6.45) is 3.67. The van der Waals surface area contributed by atoms with Gasteiger partial charge in [-0.1, -0.05) is 183 Å². The monoisotopic (exact) mass is 931 g/mol. The summed E-state index contributed by atoms with van der Waals surface area (Å²) in [6, 6.07) is 76.2. The maximum Gasteiger partial charge on any atom is 0.220 e. The number of nitrogens with zero attached hydrogens (tertiary/aromatic N) is 5. The number of aryl methyl sites for hydroxylation is 1. The van der Waals surface area contributed by atoms with Crippen molar-refractivity contribution in [2.24, 2.45) is 0 Å². The Morgan fingerprint density at radius 2 is 1.11 bits per heavy atom. The summed E-state index contributed by atoms with van der Waals surface area (Å²) in [5, 5.41) is 7.53. The first kappa shape index (κ1) is 40.6. The van der Waals surface area contributed by atoms with E-state index >= 15 is 0 Å². The highest BCUT2D eigenvalue weighted by Gasteiger charge is 2.48. The van der Waals surface area contributed by atoms with Gasteiger partial charge in [-0.3, -0.25) is 8.97 Å². The summed E-state index contributed by atoms with van der Waals surface area (Å²) < 4.78 is 12.3. The van der Waals surface area contributed by atoms with Gasteiger partial charge >= 0.3 is 0 Å². The largest absolute Gasteiger partial charge is 0.458 e. The molecule has 0 spiro atoms. The first-order valence-corrected chi connectivity index (χ1v) is 29.0. The molecule has 9 aromatic carbocycles. The van der Waals surface area contributed by atoms with Crippen LogP contribution in [-0.4, -0.2) is 40.1 Å². The lowest BCUT2D eigenvalue weighted by Crippen LogP contribution is -2.76. The van der Waals surface area contributed by atoms with Crippen molar-refractivity contribution in [1.29, 1.82) is 0 Å². The average molecular weight is 932 g/mol. The molecule has 3 aromatic heterocycles. The Balaban J connectivity index is 1.16. The smallest absolute Gasteiger partial charge is 0.220 e. The highest BCUT2D eigenvalue weighted by Crippen LogP contribution is 2.46. The van der Waals surface area contributed by atoms with Crippen LogP contribution in [0.25, 0.3) is 78.2 Å². The maximum absolute atomic E-state index is 7.54. The molecule has 1 aliphatic carbocycles. The molecule has 0 atom stereocenters. The van der Waals surface area contributed by atoms with E-state index < -0.39 is 16.1 Å². The second-order valence-electron chi connectivity index (χ2n) is 19.2. The molecule has 0 saturated heterocycles. The molecule has 1 aliphatic heterocycles. The van der Waals surface area contributed by atoms with Crippen LogP contribution < -0.4 is 35.9 Å². The van der Waals surface area contributed by atoms with E-state index in [-0.39, 0.29) is 0 Å². The van der Waals surface area contributed by atoms with Crippen molar-refractivity contribution in [1.82, 2.24) is 23.9 Å². The predicted octanol–water partition coefficient (Wildman–Crippen LogP) is 10.8. The van der Waals surface area contributed by atoms with E-state index in [1.807, 2.05) is 6.20 Å². The van der Waals surface area contributed by atoms with E-state index in [1.54, 1.807) is 6.33 Å². The van der Waals surface area contributed by atoms with Gasteiger partial charge in [-0.2, -0.15) is 0 Å². The number of rotatable bonds is 5. The lowest BCUT2D eigenvalue weighted by Gasteiger charge is -2.40. The fourth-order valence-corrected chi connectivity index (χ4v) is 19.8. The SMILES string of the molecule is Cc1cccc2c1nc1n(-c3cc4c(c([Si](c5ccccc5)(c5ccccc5)c5ccc6c(c5)-c5ccccc5-c5ccccc5-c5ncncc5-6)c3)Oc3ccccc3[Si]4(C)C)c3ccccc3n21. The third-order valence-electron chi connectivity index (χ3n) is 15.2. The van der Waals surface area contributed by atoms with Crippen molar-refractivity contribution in [3.05, 3.63) is 224 Å². The number of aromatic nitrogens is 5. The van der Waals surface area contributed by atoms with Crippen LogP contribution in [0, 0.1) is 6.92 Å². The first-order chi connectivity index (χ1) is 34.4. The lowest BCUT2D eigenvalue weighted by molar-refractivity contribution is 0.490. The van der Waals surface area contributed by atoms with Crippen LogP contribution in [0.15, 0.2) is 219 Å². The van der Waals surface area contributed by atoms with Gasteiger partial charge in [0, 0.05) is 23.0 Å². The first-order valence-electron chi connectivity index (χ1n) is 24.0. The standard InChI is InChI=1S/C62H45N5OSi2/c1-40-19-18-30-54-59(40)65-62-66(52-28-14-15-29-53(52)67(54)62)41-35-57-61(68-55-31-16-17-32-56(55)69(57,2)3)58(36-41)70(42-20-6-4-7-21-42,43-22-8-5-9-23-43)44-33-34-48-50(37-44)47-26-11-10-24-45(47)46-25-12-13-27-49(46)60-51(48)38-63-39-64-60/h4-39H,1-3H3. The minimum atomic E-state index is -3.43. The maximum atomic E-state index is 7.54. The molecule has 0 saturated carbocycles. The van der Waals surface area contributed by atoms with Crippen molar-refractivity contribution < 1.29 is 4.74 Å². The van der Waals surface area contributed by atoms with E-state index in [0.717, 1.165) is 84.1 Å². The number of ether oxygens (including phenoxy) is 1. The van der Waals surface area contributed by atoms with E-state index in [0.29, 0.717) is 0 Å². The normalized spacial score (nSPS) is 13.3. The van der Waals surface area contributed by atoms with Crippen LogP contribution in [0.2, 0.25) is 13.1 Å². The molecule has 12 aromatic rings. The van der Waals surface area contributed by atoms with Crippen LogP contribution in [0.4, 0.5) is 0 Å². The van der Waals surface area contributed by atoms with Gasteiger partial charge in [-0.25, -0.2) is 15.0 Å².